The van der Waals surface area contributed by atoms with Gasteiger partial charge in [0.1, 0.15) is 11.6 Å². The first-order chi connectivity index (χ1) is 22.0. The van der Waals surface area contributed by atoms with Crippen LogP contribution in [0.25, 0.3) is 0 Å². The first-order valence-corrected chi connectivity index (χ1v) is 17.0. The molecule has 6 N–H and O–H groups in total. The Bertz CT molecular complexity index is 1330. The molecule has 11 nitrogen and oxygen atoms in total. The van der Waals surface area contributed by atoms with Gasteiger partial charge in [0.15, 0.2) is 0 Å². The van der Waals surface area contributed by atoms with Crippen LogP contribution in [0.1, 0.15) is 66.4 Å². The molecule has 1 saturated heterocycles. The van der Waals surface area contributed by atoms with Gasteiger partial charge in [0.2, 0.25) is 17.7 Å². The molecule has 0 aliphatic carbocycles. The third kappa shape index (κ3) is 12.8. The SMILES string of the molecule is CC(C)(C)OC(=O)N[C@@H](CC(N)=O)C(=O)N[C@@H](Cc1ccccc1)[C@H](O)CN(C(=O)[C@@H]1C[C@H](Sc2ccccc2)CCN1)C(C)(C)C. The van der Waals surface area contributed by atoms with Crippen LogP contribution in [-0.4, -0.2) is 87.5 Å². The van der Waals surface area contributed by atoms with Gasteiger partial charge in [0.05, 0.1) is 24.6 Å². The van der Waals surface area contributed by atoms with E-state index in [-0.39, 0.29) is 24.1 Å². The Balaban J connectivity index is 1.80. The number of alkyl carbamates (subject to hydrolysis) is 1. The Morgan fingerprint density at radius 1 is 1.00 bits per heavy atom. The van der Waals surface area contributed by atoms with E-state index in [9.17, 15) is 24.3 Å². The second-order valence-electron chi connectivity index (χ2n) is 13.9. The van der Waals surface area contributed by atoms with Crippen LogP contribution >= 0.6 is 11.8 Å². The van der Waals surface area contributed by atoms with Crippen molar-refractivity contribution in [1.29, 1.82) is 0 Å². The maximum atomic E-state index is 14.1. The molecule has 1 fully saturated rings. The summed E-state index contributed by atoms with van der Waals surface area (Å²) in [6.07, 6.45) is -0.759. The molecule has 2 aromatic carbocycles. The second-order valence-corrected chi connectivity index (χ2v) is 15.3. The first kappa shape index (κ1) is 37.8. The minimum atomic E-state index is -1.33. The lowest BCUT2D eigenvalue weighted by Gasteiger charge is -2.42. The zero-order chi connectivity index (χ0) is 34.8. The summed E-state index contributed by atoms with van der Waals surface area (Å²) in [5.74, 6) is -1.63. The molecule has 3 rings (SSSR count). The van der Waals surface area contributed by atoms with Gasteiger partial charge in [-0.05, 0) is 85.0 Å². The molecule has 12 heteroatoms. The highest BCUT2D eigenvalue weighted by atomic mass is 32.2. The van der Waals surface area contributed by atoms with Crippen molar-refractivity contribution in [2.45, 2.75) is 113 Å². The van der Waals surface area contributed by atoms with E-state index in [1.54, 1.807) is 37.4 Å². The predicted octanol–water partition coefficient (Wildman–Crippen LogP) is 3.38. The van der Waals surface area contributed by atoms with Crippen LogP contribution in [-0.2, 0) is 25.5 Å². The van der Waals surface area contributed by atoms with E-state index in [4.69, 9.17) is 10.5 Å². The maximum Gasteiger partial charge on any atom is 0.408 e. The fourth-order valence-electron chi connectivity index (χ4n) is 5.36. The number of benzene rings is 2. The van der Waals surface area contributed by atoms with Crippen molar-refractivity contribution in [2.24, 2.45) is 5.73 Å². The van der Waals surface area contributed by atoms with Gasteiger partial charge in [-0.1, -0.05) is 48.5 Å². The van der Waals surface area contributed by atoms with Crippen molar-refractivity contribution < 1.29 is 29.0 Å². The number of hydrogen-bond donors (Lipinski definition) is 5. The number of carbonyl (C=O) groups is 4. The summed E-state index contributed by atoms with van der Waals surface area (Å²) >= 11 is 1.77. The summed E-state index contributed by atoms with van der Waals surface area (Å²) in [4.78, 5) is 54.8. The number of hydrogen-bond acceptors (Lipinski definition) is 8. The zero-order valence-corrected chi connectivity index (χ0v) is 29.1. The summed E-state index contributed by atoms with van der Waals surface area (Å²) in [5, 5.41) is 20.6. The van der Waals surface area contributed by atoms with E-state index < -0.39 is 59.7 Å². The van der Waals surface area contributed by atoms with E-state index in [1.165, 1.54) is 0 Å². The maximum absolute atomic E-state index is 14.1. The van der Waals surface area contributed by atoms with Crippen LogP contribution in [0.5, 0.6) is 0 Å². The van der Waals surface area contributed by atoms with Gasteiger partial charge in [0.25, 0.3) is 0 Å². The van der Waals surface area contributed by atoms with Crippen LogP contribution in [0, 0.1) is 0 Å². The van der Waals surface area contributed by atoms with E-state index in [2.05, 4.69) is 28.1 Å². The Kier molecular flexibility index (Phi) is 13.7. The highest BCUT2D eigenvalue weighted by molar-refractivity contribution is 8.00. The van der Waals surface area contributed by atoms with Crippen LogP contribution in [0.15, 0.2) is 65.6 Å². The number of aliphatic hydroxyl groups is 1. The number of nitrogens with zero attached hydrogens (tertiary/aromatic N) is 1. The van der Waals surface area contributed by atoms with E-state index >= 15 is 0 Å². The van der Waals surface area contributed by atoms with Crippen molar-refractivity contribution in [2.75, 3.05) is 13.1 Å². The lowest BCUT2D eigenvalue weighted by atomic mass is 9.96. The topological polar surface area (TPSA) is 163 Å². The molecule has 0 aromatic heterocycles. The second kappa shape index (κ2) is 17.0. The molecule has 0 spiro atoms. The standard InChI is InChI=1S/C35H51N5O6S/c1-34(2,3)40(32(44)28-20-25(17-18-37-28)47-24-15-11-8-12-16-24)22-29(41)26(19-23-13-9-7-10-14-23)38-31(43)27(21-30(36)42)39-33(45)46-35(4,5)6/h7-16,25-29,37,41H,17-22H2,1-6H3,(H2,36,42)(H,38,43)(H,39,45)/t25-,26+,27+,28+,29-/m1/s1. The Labute approximate surface area is 282 Å². The number of β-amino-alcohol motifs (C(OH)–C–C–N with tert-alkyl or cyclic N) is 1. The van der Waals surface area contributed by atoms with E-state index in [0.29, 0.717) is 13.0 Å². The van der Waals surface area contributed by atoms with Crippen molar-refractivity contribution in [3.05, 3.63) is 66.2 Å². The summed E-state index contributed by atoms with van der Waals surface area (Å²) < 4.78 is 5.28. The average Bonchev–Trinajstić information content (AvgIpc) is 2.98. The molecule has 1 heterocycles. The summed E-state index contributed by atoms with van der Waals surface area (Å²) in [6.45, 7) is 11.4. The lowest BCUT2D eigenvalue weighted by Crippen LogP contribution is -2.61. The molecule has 0 radical (unpaired) electrons. The predicted molar refractivity (Wildman–Crippen MR) is 184 cm³/mol. The molecule has 47 heavy (non-hydrogen) atoms. The van der Waals surface area contributed by atoms with Gasteiger partial charge in [-0.15, -0.1) is 11.8 Å². The molecular weight excluding hydrogens is 618 g/mol. The summed E-state index contributed by atoms with van der Waals surface area (Å²) in [6, 6.07) is 16.8. The number of nitrogens with two attached hydrogens (primary N) is 1. The number of thioether (sulfide) groups is 1. The van der Waals surface area contributed by atoms with Gasteiger partial charge in [-0.2, -0.15) is 0 Å². The fourth-order valence-corrected chi connectivity index (χ4v) is 6.58. The summed E-state index contributed by atoms with van der Waals surface area (Å²) in [7, 11) is 0. The number of primary amides is 1. The molecule has 4 amide bonds. The molecule has 0 bridgehead atoms. The highest BCUT2D eigenvalue weighted by Crippen LogP contribution is 2.31. The molecule has 1 aliphatic rings. The van der Waals surface area contributed by atoms with Gasteiger partial charge in [-0.3, -0.25) is 14.4 Å². The Morgan fingerprint density at radius 3 is 2.19 bits per heavy atom. The number of amides is 4. The molecule has 2 aromatic rings. The first-order valence-electron chi connectivity index (χ1n) is 16.1. The number of nitrogens with one attached hydrogen (secondary N) is 3. The van der Waals surface area contributed by atoms with Crippen LogP contribution in [0.4, 0.5) is 4.79 Å². The lowest BCUT2D eigenvalue weighted by molar-refractivity contribution is -0.141. The average molecular weight is 670 g/mol. The third-order valence-electron chi connectivity index (χ3n) is 7.65. The van der Waals surface area contributed by atoms with E-state index in [1.807, 2.05) is 69.3 Å². The van der Waals surface area contributed by atoms with Gasteiger partial charge in [0, 0.05) is 22.2 Å². The largest absolute Gasteiger partial charge is 0.444 e. The van der Waals surface area contributed by atoms with Gasteiger partial charge in [-0.25, -0.2) is 4.79 Å². The number of rotatable bonds is 13. The van der Waals surface area contributed by atoms with E-state index in [0.717, 1.165) is 16.9 Å². The fraction of sp³-hybridized carbons (Fsp3) is 0.543. The Morgan fingerprint density at radius 2 is 1.62 bits per heavy atom. The van der Waals surface area contributed by atoms with Crippen LogP contribution in [0.3, 0.4) is 0 Å². The van der Waals surface area contributed by atoms with Crippen LogP contribution < -0.4 is 21.7 Å². The van der Waals surface area contributed by atoms with Gasteiger partial charge >= 0.3 is 6.09 Å². The van der Waals surface area contributed by atoms with Crippen molar-refractivity contribution in [3.8, 4) is 0 Å². The number of aliphatic hydroxyl groups excluding tert-OH is 1. The molecule has 0 unspecified atom stereocenters. The minimum absolute atomic E-state index is 0.0607. The quantitative estimate of drug-likeness (QED) is 0.217. The van der Waals surface area contributed by atoms with Crippen LogP contribution in [0.2, 0.25) is 0 Å². The van der Waals surface area contributed by atoms with Crippen molar-refractivity contribution in [3.63, 3.8) is 0 Å². The normalized spacial score (nSPS) is 18.7. The van der Waals surface area contributed by atoms with Crippen molar-refractivity contribution in [1.82, 2.24) is 20.9 Å². The zero-order valence-electron chi connectivity index (χ0n) is 28.3. The smallest absolute Gasteiger partial charge is 0.408 e. The van der Waals surface area contributed by atoms with Gasteiger partial charge < -0.3 is 36.4 Å². The third-order valence-corrected chi connectivity index (χ3v) is 8.95. The molecule has 5 atom stereocenters. The number of ether oxygens (including phenoxy) is 1. The highest BCUT2D eigenvalue weighted by Gasteiger charge is 2.38. The number of piperidine rings is 1. The summed E-state index contributed by atoms with van der Waals surface area (Å²) in [5.41, 5.74) is 4.77. The Hall–Kier alpha value is -3.61. The molecule has 258 valence electrons. The monoisotopic (exact) mass is 669 g/mol. The minimum Gasteiger partial charge on any atom is -0.444 e. The molecular formula is C35H51N5O6S. The molecule has 0 saturated carbocycles. The molecule has 1 aliphatic heterocycles. The number of carbonyl (C=O) groups excluding carboxylic acids is 4. The van der Waals surface area contributed by atoms with Crippen molar-refractivity contribution >= 4 is 35.6 Å².